The fraction of sp³-hybridized carbons (Fsp3) is 0.333. The minimum Gasteiger partial charge on any atom is -0.475 e. The molecule has 1 amide bonds. The van der Waals surface area contributed by atoms with E-state index < -0.39 is 12.1 Å². The summed E-state index contributed by atoms with van der Waals surface area (Å²) in [4.78, 5) is 36.1. The second-order valence-corrected chi connectivity index (χ2v) is 9.28. The van der Waals surface area contributed by atoms with Gasteiger partial charge in [0.1, 0.15) is 11.5 Å². The van der Waals surface area contributed by atoms with Crippen molar-refractivity contribution in [2.24, 2.45) is 0 Å². The van der Waals surface area contributed by atoms with Crippen LogP contribution in [0.5, 0.6) is 0 Å². The zero-order valence-electron chi connectivity index (χ0n) is 21.6. The number of alkyl halides is 3. The third-order valence-corrected chi connectivity index (χ3v) is 6.40. The highest BCUT2D eigenvalue weighted by atomic mass is 19.4. The highest BCUT2D eigenvalue weighted by molar-refractivity contribution is 6.00. The summed E-state index contributed by atoms with van der Waals surface area (Å²) in [5, 5.41) is 7.12. The normalized spacial score (nSPS) is 14.5. The lowest BCUT2D eigenvalue weighted by Gasteiger charge is -2.19. The molecule has 5 rings (SSSR count). The van der Waals surface area contributed by atoms with Crippen molar-refractivity contribution < 1.29 is 27.9 Å². The maximum absolute atomic E-state index is 13.4. The average Bonchev–Trinajstić information content (AvgIpc) is 3.38. The van der Waals surface area contributed by atoms with Gasteiger partial charge in [-0.15, -0.1) is 0 Å². The molecule has 0 bridgehead atoms. The predicted molar refractivity (Wildman–Crippen MR) is 138 cm³/mol. The van der Waals surface area contributed by atoms with E-state index in [0.717, 1.165) is 56.2 Å². The molecule has 0 atom stereocenters. The Balaban J connectivity index is 0.000000448. The van der Waals surface area contributed by atoms with E-state index in [-0.39, 0.29) is 5.91 Å². The number of aryl methyl sites for hydroxylation is 1. The zero-order valence-corrected chi connectivity index (χ0v) is 21.6. The molecule has 12 heteroatoms. The largest absolute Gasteiger partial charge is 0.490 e. The van der Waals surface area contributed by atoms with Crippen molar-refractivity contribution in [2.75, 3.05) is 33.2 Å². The van der Waals surface area contributed by atoms with Gasteiger partial charge in [-0.25, -0.2) is 14.8 Å². The van der Waals surface area contributed by atoms with Gasteiger partial charge >= 0.3 is 12.1 Å². The van der Waals surface area contributed by atoms with Crippen molar-refractivity contribution in [3.8, 4) is 11.5 Å². The lowest BCUT2D eigenvalue weighted by atomic mass is 10.2. The molecule has 206 valence electrons. The van der Waals surface area contributed by atoms with E-state index in [9.17, 15) is 18.0 Å². The number of halogens is 3. The van der Waals surface area contributed by atoms with Gasteiger partial charge in [0.25, 0.3) is 5.91 Å². The summed E-state index contributed by atoms with van der Waals surface area (Å²) in [6, 6.07) is 16.2. The van der Waals surface area contributed by atoms with Crippen LogP contribution in [0, 0.1) is 6.92 Å². The molecule has 4 heterocycles. The number of imidazole rings is 2. The molecule has 0 unspecified atom stereocenters. The number of benzene rings is 1. The average molecular weight is 543 g/mol. The zero-order chi connectivity index (χ0) is 28.2. The molecule has 0 aliphatic carbocycles. The van der Waals surface area contributed by atoms with Crippen molar-refractivity contribution in [1.82, 2.24) is 28.7 Å². The molecule has 1 saturated heterocycles. The first-order valence-corrected chi connectivity index (χ1v) is 12.4. The fourth-order valence-corrected chi connectivity index (χ4v) is 4.33. The van der Waals surface area contributed by atoms with Crippen molar-refractivity contribution >= 4 is 17.4 Å². The van der Waals surface area contributed by atoms with Crippen molar-refractivity contribution in [3.05, 3.63) is 78.0 Å². The Labute approximate surface area is 223 Å². The van der Waals surface area contributed by atoms with E-state index in [0.29, 0.717) is 11.5 Å². The lowest BCUT2D eigenvalue weighted by molar-refractivity contribution is -0.192. The van der Waals surface area contributed by atoms with Gasteiger partial charge < -0.3 is 19.5 Å². The lowest BCUT2D eigenvalue weighted by Crippen LogP contribution is -2.34. The SMILES string of the molecule is Cc1nc(-c2nc(C(=O)N3CCCN(C)CC3)c3ccccn23)cn1Cc1ccccc1.O=C(O)C(F)(F)F. The Kier molecular flexibility index (Phi) is 8.34. The number of hydrogen-bond donors (Lipinski definition) is 1. The standard InChI is InChI=1S/C25H28N6O.C2HF3O2/c1-19-26-21(18-30(19)17-20-9-4-3-5-10-20)24-27-23(22-11-6-7-14-31(22)24)25(32)29-13-8-12-28(2)15-16-29;3-2(4,5)1(6)7/h3-7,9-11,14,18H,8,12-13,15-17H2,1-2H3;(H,6,7). The summed E-state index contributed by atoms with van der Waals surface area (Å²) in [5.41, 5.74) is 3.31. The van der Waals surface area contributed by atoms with Gasteiger partial charge in [-0.3, -0.25) is 9.20 Å². The van der Waals surface area contributed by atoms with Crippen LogP contribution in [0.2, 0.25) is 0 Å². The summed E-state index contributed by atoms with van der Waals surface area (Å²) in [5.74, 6) is -1.14. The maximum Gasteiger partial charge on any atom is 0.490 e. The number of pyridine rings is 1. The van der Waals surface area contributed by atoms with Crippen LogP contribution < -0.4 is 0 Å². The number of aliphatic carboxylic acids is 1. The number of carboxylic acids is 1. The van der Waals surface area contributed by atoms with Gasteiger partial charge in [-0.2, -0.15) is 13.2 Å². The molecule has 39 heavy (non-hydrogen) atoms. The van der Waals surface area contributed by atoms with E-state index >= 15 is 0 Å². The summed E-state index contributed by atoms with van der Waals surface area (Å²) in [6.45, 7) is 6.12. The molecular weight excluding hydrogens is 513 g/mol. The third-order valence-electron chi connectivity index (χ3n) is 6.40. The quantitative estimate of drug-likeness (QED) is 0.420. The summed E-state index contributed by atoms with van der Waals surface area (Å²) >= 11 is 0. The van der Waals surface area contributed by atoms with E-state index in [2.05, 4.69) is 28.6 Å². The minimum absolute atomic E-state index is 0.00399. The van der Waals surface area contributed by atoms with Crippen molar-refractivity contribution in [3.63, 3.8) is 0 Å². The van der Waals surface area contributed by atoms with Crippen molar-refractivity contribution in [1.29, 1.82) is 0 Å². The molecule has 1 fully saturated rings. The molecule has 9 nitrogen and oxygen atoms in total. The number of likely N-dealkylation sites (N-methyl/N-ethyl adjacent to an activating group) is 1. The second kappa shape index (κ2) is 11.7. The summed E-state index contributed by atoms with van der Waals surface area (Å²) < 4.78 is 35.8. The second-order valence-electron chi connectivity index (χ2n) is 9.28. The molecule has 4 aromatic rings. The van der Waals surface area contributed by atoms with Gasteiger partial charge in [0.05, 0.1) is 5.52 Å². The summed E-state index contributed by atoms with van der Waals surface area (Å²) in [6.07, 6.45) is -0.126. The number of carbonyl (C=O) groups is 2. The number of hydrogen-bond acceptors (Lipinski definition) is 5. The molecule has 1 aliphatic rings. The Bertz CT molecular complexity index is 1450. The Hall–Kier alpha value is -4.19. The maximum atomic E-state index is 13.4. The van der Waals surface area contributed by atoms with Gasteiger partial charge in [-0.1, -0.05) is 36.4 Å². The van der Waals surface area contributed by atoms with Crippen LogP contribution in [0.25, 0.3) is 17.0 Å². The highest BCUT2D eigenvalue weighted by Gasteiger charge is 2.38. The number of aromatic nitrogens is 4. The first kappa shape index (κ1) is 27.8. The third kappa shape index (κ3) is 6.63. The number of carboxylic acid groups (broad SMARTS) is 1. The number of carbonyl (C=O) groups excluding carboxylic acids is 1. The van der Waals surface area contributed by atoms with Gasteiger partial charge in [0.2, 0.25) is 0 Å². The van der Waals surface area contributed by atoms with E-state index in [1.165, 1.54) is 5.56 Å². The highest BCUT2D eigenvalue weighted by Crippen LogP contribution is 2.24. The van der Waals surface area contributed by atoms with Crippen LogP contribution >= 0.6 is 0 Å². The molecule has 1 aliphatic heterocycles. The van der Waals surface area contributed by atoms with Gasteiger partial charge in [0, 0.05) is 38.6 Å². The number of rotatable bonds is 4. The number of amides is 1. The van der Waals surface area contributed by atoms with Crippen LogP contribution in [0.15, 0.2) is 60.9 Å². The van der Waals surface area contributed by atoms with E-state index in [1.807, 2.05) is 65.0 Å². The van der Waals surface area contributed by atoms with E-state index in [4.69, 9.17) is 19.9 Å². The Morgan fingerprint density at radius 3 is 2.36 bits per heavy atom. The smallest absolute Gasteiger partial charge is 0.475 e. The predicted octanol–water partition coefficient (Wildman–Crippen LogP) is 3.97. The van der Waals surface area contributed by atoms with Crippen LogP contribution in [0.3, 0.4) is 0 Å². The Morgan fingerprint density at radius 1 is 0.974 bits per heavy atom. The molecule has 3 aromatic heterocycles. The molecular formula is C27H29F3N6O3. The number of nitrogens with zero attached hydrogens (tertiary/aromatic N) is 6. The van der Waals surface area contributed by atoms with E-state index in [1.54, 1.807) is 0 Å². The summed E-state index contributed by atoms with van der Waals surface area (Å²) in [7, 11) is 2.10. The number of fused-ring (bicyclic) bond motifs is 1. The van der Waals surface area contributed by atoms with Gasteiger partial charge in [0.15, 0.2) is 11.5 Å². The fourth-order valence-electron chi connectivity index (χ4n) is 4.33. The molecule has 0 spiro atoms. The van der Waals surface area contributed by atoms with Gasteiger partial charge in [-0.05, 0) is 44.6 Å². The van der Waals surface area contributed by atoms with Crippen LogP contribution in [-0.2, 0) is 11.3 Å². The molecule has 1 aromatic carbocycles. The van der Waals surface area contributed by atoms with Crippen LogP contribution in [0.4, 0.5) is 13.2 Å². The van der Waals surface area contributed by atoms with Crippen LogP contribution in [0.1, 0.15) is 28.3 Å². The first-order chi connectivity index (χ1) is 18.5. The monoisotopic (exact) mass is 542 g/mol. The topological polar surface area (TPSA) is 96.0 Å². The molecule has 1 N–H and O–H groups in total. The minimum atomic E-state index is -5.08. The van der Waals surface area contributed by atoms with Crippen molar-refractivity contribution in [2.45, 2.75) is 26.1 Å². The molecule has 0 saturated carbocycles. The first-order valence-electron chi connectivity index (χ1n) is 12.4. The van der Waals surface area contributed by atoms with Crippen LogP contribution in [-0.4, -0.2) is 85.1 Å². The molecule has 0 radical (unpaired) electrons. The Morgan fingerprint density at radius 2 is 1.67 bits per heavy atom.